The average Bonchev–Trinajstić information content (AvgIpc) is 3.48. The number of carbonyl (C=O) groups is 2. The first-order valence-electron chi connectivity index (χ1n) is 13.6. The Labute approximate surface area is 268 Å². The molecule has 0 saturated carbocycles. The molecule has 224 valence electrons. The molecule has 0 aliphatic carbocycles. The monoisotopic (exact) mass is 657 g/mol. The molecular weight excluding hydrogens is 629 g/mol. The maximum Gasteiger partial charge on any atom is 0.261 e. The van der Waals surface area contributed by atoms with Gasteiger partial charge >= 0.3 is 0 Å². The number of aryl methyl sites for hydroxylation is 1. The predicted molar refractivity (Wildman–Crippen MR) is 175 cm³/mol. The van der Waals surface area contributed by atoms with Gasteiger partial charge in [0.05, 0.1) is 38.4 Å². The van der Waals surface area contributed by atoms with Crippen LogP contribution in [0.3, 0.4) is 0 Å². The molecule has 0 radical (unpaired) electrons. The Bertz CT molecular complexity index is 1880. The minimum absolute atomic E-state index is 0.0760. The molecule has 0 spiro atoms. The Morgan fingerprint density at radius 3 is 2.51 bits per heavy atom. The Hall–Kier alpha value is -3.37. The number of imidazole rings is 1. The zero-order valence-corrected chi connectivity index (χ0v) is 27.4. The van der Waals surface area contributed by atoms with Crippen molar-refractivity contribution in [3.05, 3.63) is 80.0 Å². The summed E-state index contributed by atoms with van der Waals surface area (Å²) in [5.74, 6) is 0.684. The summed E-state index contributed by atoms with van der Waals surface area (Å²) in [5, 5.41) is 7.85. The van der Waals surface area contributed by atoms with E-state index in [1.54, 1.807) is 18.2 Å². The second-order valence-electron chi connectivity index (χ2n) is 11.1. The fraction of sp³-hybridized carbons (Fsp3) is 0.290. The predicted octanol–water partition coefficient (Wildman–Crippen LogP) is 8.05. The standard InChI is InChI=1S/C31H30Cl3N5O3S/c1-6-42-24-14-23-22(12-19(24)28(40)38-30-37-21-10-8-17(32)11-25(21)43-30)36-26(39(23)5)13-18-20(33)9-7-16(27(18)34)15-35-29(41)31(2,3)4/h7-12,14H,6,13,15H2,1-5H3,(H,35,41)(H,37,38,40). The first kappa shape index (κ1) is 31.1. The maximum absolute atomic E-state index is 13.4. The Kier molecular flexibility index (Phi) is 8.90. The SMILES string of the molecule is CCOc1cc2c(cc1C(=O)Nc1nc3ccc(Cl)cc3s1)nc(Cc1c(Cl)ccc(CNC(=O)C(C)(C)C)c1Cl)n2C. The Morgan fingerprint density at radius 2 is 1.79 bits per heavy atom. The third-order valence-electron chi connectivity index (χ3n) is 6.91. The molecule has 2 N–H and O–H groups in total. The van der Waals surface area contributed by atoms with Crippen LogP contribution in [0.4, 0.5) is 5.13 Å². The summed E-state index contributed by atoms with van der Waals surface area (Å²) in [6, 6.07) is 12.5. The maximum atomic E-state index is 13.4. The van der Waals surface area contributed by atoms with Crippen molar-refractivity contribution in [2.45, 2.75) is 40.7 Å². The minimum Gasteiger partial charge on any atom is -0.493 e. The number of thiazole rings is 1. The van der Waals surface area contributed by atoms with Crippen LogP contribution in [0.25, 0.3) is 21.3 Å². The number of fused-ring (bicyclic) bond motifs is 2. The molecule has 3 aromatic carbocycles. The van der Waals surface area contributed by atoms with Crippen LogP contribution >= 0.6 is 46.1 Å². The molecule has 5 rings (SSSR count). The smallest absolute Gasteiger partial charge is 0.261 e. The van der Waals surface area contributed by atoms with E-state index >= 15 is 0 Å². The van der Waals surface area contributed by atoms with Crippen molar-refractivity contribution in [3.63, 3.8) is 0 Å². The van der Waals surface area contributed by atoms with Crippen molar-refractivity contribution in [2.24, 2.45) is 12.5 Å². The van der Waals surface area contributed by atoms with Gasteiger partial charge in [0.1, 0.15) is 11.6 Å². The number of halogens is 3. The van der Waals surface area contributed by atoms with Crippen molar-refractivity contribution >= 4 is 84.3 Å². The van der Waals surface area contributed by atoms with E-state index in [4.69, 9.17) is 44.5 Å². The van der Waals surface area contributed by atoms with Crippen molar-refractivity contribution in [3.8, 4) is 5.75 Å². The highest BCUT2D eigenvalue weighted by molar-refractivity contribution is 7.22. The van der Waals surface area contributed by atoms with Gasteiger partial charge in [-0.3, -0.25) is 14.9 Å². The minimum atomic E-state index is -0.520. The second kappa shape index (κ2) is 12.3. The van der Waals surface area contributed by atoms with Crippen LogP contribution in [0.5, 0.6) is 5.75 Å². The highest BCUT2D eigenvalue weighted by Gasteiger charge is 2.23. The molecule has 2 amide bonds. The second-order valence-corrected chi connectivity index (χ2v) is 13.3. The van der Waals surface area contributed by atoms with Crippen molar-refractivity contribution in [2.75, 3.05) is 11.9 Å². The van der Waals surface area contributed by atoms with Crippen LogP contribution in [0.15, 0.2) is 42.5 Å². The zero-order chi connectivity index (χ0) is 31.1. The van der Waals surface area contributed by atoms with Crippen LogP contribution in [-0.4, -0.2) is 33.0 Å². The Morgan fingerprint density at radius 1 is 1.02 bits per heavy atom. The molecule has 8 nitrogen and oxygen atoms in total. The van der Waals surface area contributed by atoms with Gasteiger partial charge in [0, 0.05) is 41.5 Å². The number of anilines is 1. The van der Waals surface area contributed by atoms with Crippen LogP contribution in [-0.2, 0) is 24.8 Å². The summed E-state index contributed by atoms with van der Waals surface area (Å²) in [5.41, 5.74) is 3.42. The van der Waals surface area contributed by atoms with Gasteiger partial charge < -0.3 is 14.6 Å². The van der Waals surface area contributed by atoms with Gasteiger partial charge in [0.2, 0.25) is 5.91 Å². The van der Waals surface area contributed by atoms with E-state index in [1.807, 2.05) is 63.6 Å². The number of amides is 2. The van der Waals surface area contributed by atoms with Crippen molar-refractivity contribution < 1.29 is 14.3 Å². The van der Waals surface area contributed by atoms with Crippen molar-refractivity contribution in [1.29, 1.82) is 0 Å². The zero-order valence-electron chi connectivity index (χ0n) is 24.3. The van der Waals surface area contributed by atoms with E-state index in [9.17, 15) is 9.59 Å². The van der Waals surface area contributed by atoms with Crippen LogP contribution in [0.1, 0.15) is 55.0 Å². The van der Waals surface area contributed by atoms with E-state index in [0.717, 1.165) is 21.3 Å². The van der Waals surface area contributed by atoms with Gasteiger partial charge in [0.15, 0.2) is 5.13 Å². The number of benzene rings is 3. The van der Waals surface area contributed by atoms with E-state index in [2.05, 4.69) is 15.6 Å². The third kappa shape index (κ3) is 6.60. The number of aromatic nitrogens is 3. The molecule has 0 unspecified atom stereocenters. The fourth-order valence-electron chi connectivity index (χ4n) is 4.54. The van der Waals surface area contributed by atoms with Crippen molar-refractivity contribution in [1.82, 2.24) is 19.9 Å². The van der Waals surface area contributed by atoms with E-state index in [0.29, 0.717) is 61.4 Å². The summed E-state index contributed by atoms with van der Waals surface area (Å²) in [6.45, 7) is 8.07. The van der Waals surface area contributed by atoms with Gasteiger partial charge in [-0.05, 0) is 48.4 Å². The van der Waals surface area contributed by atoms with Gasteiger partial charge in [0.25, 0.3) is 5.91 Å². The highest BCUT2D eigenvalue weighted by atomic mass is 35.5. The summed E-state index contributed by atoms with van der Waals surface area (Å²) in [7, 11) is 1.89. The molecule has 2 aromatic heterocycles. The molecule has 0 aliphatic rings. The van der Waals surface area contributed by atoms with E-state index in [-0.39, 0.29) is 18.4 Å². The lowest BCUT2D eigenvalue weighted by atomic mass is 9.95. The number of nitrogens with one attached hydrogen (secondary N) is 2. The molecule has 0 bridgehead atoms. The molecular formula is C31H30Cl3N5O3S. The topological polar surface area (TPSA) is 98.1 Å². The number of ether oxygens (including phenoxy) is 1. The third-order valence-corrected chi connectivity index (χ3v) is 8.91. The number of hydrogen-bond donors (Lipinski definition) is 2. The summed E-state index contributed by atoms with van der Waals surface area (Å²) >= 11 is 20.8. The molecule has 0 aliphatic heterocycles. The molecule has 5 aromatic rings. The van der Waals surface area contributed by atoms with Crippen LogP contribution < -0.4 is 15.4 Å². The molecule has 43 heavy (non-hydrogen) atoms. The summed E-state index contributed by atoms with van der Waals surface area (Å²) < 4.78 is 8.67. The summed E-state index contributed by atoms with van der Waals surface area (Å²) in [6.07, 6.45) is 0.337. The summed E-state index contributed by atoms with van der Waals surface area (Å²) in [4.78, 5) is 35.2. The molecule has 0 saturated heterocycles. The first-order chi connectivity index (χ1) is 20.3. The number of rotatable bonds is 8. The Balaban J connectivity index is 1.45. The quantitative estimate of drug-likeness (QED) is 0.176. The largest absolute Gasteiger partial charge is 0.493 e. The number of nitrogens with zero attached hydrogens (tertiary/aromatic N) is 3. The van der Waals surface area contributed by atoms with Crippen LogP contribution in [0.2, 0.25) is 15.1 Å². The lowest BCUT2D eigenvalue weighted by Crippen LogP contribution is -2.34. The van der Waals surface area contributed by atoms with Gasteiger partial charge in [-0.1, -0.05) is 73.0 Å². The number of hydrogen-bond acceptors (Lipinski definition) is 6. The normalized spacial score (nSPS) is 11.7. The lowest BCUT2D eigenvalue weighted by molar-refractivity contribution is -0.128. The van der Waals surface area contributed by atoms with Gasteiger partial charge in [-0.2, -0.15) is 0 Å². The molecule has 0 fully saturated rings. The lowest BCUT2D eigenvalue weighted by Gasteiger charge is -2.18. The molecule has 2 heterocycles. The first-order valence-corrected chi connectivity index (χ1v) is 15.5. The highest BCUT2D eigenvalue weighted by Crippen LogP contribution is 2.34. The van der Waals surface area contributed by atoms with Gasteiger partial charge in [-0.25, -0.2) is 9.97 Å². The average molecular weight is 659 g/mol. The van der Waals surface area contributed by atoms with Crippen LogP contribution in [0, 0.1) is 5.41 Å². The molecule has 12 heteroatoms. The van der Waals surface area contributed by atoms with E-state index in [1.165, 1.54) is 11.3 Å². The van der Waals surface area contributed by atoms with Gasteiger partial charge in [-0.15, -0.1) is 0 Å². The van der Waals surface area contributed by atoms with E-state index < -0.39 is 5.41 Å². The number of carbonyl (C=O) groups excluding carboxylic acids is 2. The fourth-order valence-corrected chi connectivity index (χ4v) is 6.25. The molecule has 0 atom stereocenters.